The van der Waals surface area contributed by atoms with Crippen molar-refractivity contribution in [1.29, 1.82) is 0 Å². The van der Waals surface area contributed by atoms with Crippen molar-refractivity contribution in [3.63, 3.8) is 0 Å². The molecule has 1 aliphatic heterocycles. The van der Waals surface area contributed by atoms with Gasteiger partial charge in [0.25, 0.3) is 11.8 Å². The van der Waals surface area contributed by atoms with E-state index in [1.54, 1.807) is 24.3 Å². The summed E-state index contributed by atoms with van der Waals surface area (Å²) in [5, 5.41) is 0. The van der Waals surface area contributed by atoms with E-state index in [1.165, 1.54) is 64.9 Å². The number of carbonyl (C=O) groups excluding carboxylic acids is 3. The van der Waals surface area contributed by atoms with Crippen molar-refractivity contribution in [2.45, 2.75) is 96.4 Å². The van der Waals surface area contributed by atoms with Gasteiger partial charge in [0.1, 0.15) is 6.04 Å². The van der Waals surface area contributed by atoms with Gasteiger partial charge in [0.15, 0.2) is 0 Å². The number of hydrogen-bond acceptors (Lipinski definition) is 4. The molecule has 0 aromatic heterocycles. The summed E-state index contributed by atoms with van der Waals surface area (Å²) in [6.45, 7) is 2.24. The number of esters is 1. The second kappa shape index (κ2) is 13.2. The van der Waals surface area contributed by atoms with Gasteiger partial charge in [-0.05, 0) is 18.6 Å². The first-order chi connectivity index (χ1) is 14.6. The molecule has 0 bridgehead atoms. The Morgan fingerprint density at radius 2 is 1.23 bits per heavy atom. The SMILES string of the molecule is CCCCCCCCCCCCCCC(C(=O)OC)N1C(=O)c2ccccc2C1=O. The van der Waals surface area contributed by atoms with Crippen LogP contribution in [0.25, 0.3) is 0 Å². The van der Waals surface area contributed by atoms with E-state index in [9.17, 15) is 14.4 Å². The van der Waals surface area contributed by atoms with E-state index in [0.717, 1.165) is 24.2 Å². The first-order valence-electron chi connectivity index (χ1n) is 11.7. The van der Waals surface area contributed by atoms with Crippen LogP contribution in [0.5, 0.6) is 0 Å². The lowest BCUT2D eigenvalue weighted by Crippen LogP contribution is -2.45. The summed E-state index contributed by atoms with van der Waals surface area (Å²) in [4.78, 5) is 38.8. The molecule has 1 unspecified atom stereocenters. The Morgan fingerprint density at radius 1 is 0.800 bits per heavy atom. The lowest BCUT2D eigenvalue weighted by molar-refractivity contribution is -0.145. The Morgan fingerprint density at radius 3 is 1.67 bits per heavy atom. The summed E-state index contributed by atoms with van der Waals surface area (Å²) < 4.78 is 4.89. The number of unbranched alkanes of at least 4 members (excludes halogenated alkanes) is 11. The highest BCUT2D eigenvalue weighted by Crippen LogP contribution is 2.27. The maximum Gasteiger partial charge on any atom is 0.329 e. The summed E-state index contributed by atoms with van der Waals surface area (Å²) in [5.74, 6) is -1.32. The lowest BCUT2D eigenvalue weighted by atomic mass is 10.0. The molecular weight excluding hydrogens is 378 g/mol. The number of fused-ring (bicyclic) bond motifs is 1. The topological polar surface area (TPSA) is 63.7 Å². The Labute approximate surface area is 181 Å². The number of nitrogens with zero attached hydrogens (tertiary/aromatic N) is 1. The monoisotopic (exact) mass is 415 g/mol. The number of hydrogen-bond donors (Lipinski definition) is 0. The molecule has 2 rings (SSSR count). The molecular formula is C25H37NO4. The molecule has 0 radical (unpaired) electrons. The third-order valence-electron chi connectivity index (χ3n) is 5.94. The molecule has 0 spiro atoms. The van der Waals surface area contributed by atoms with E-state index in [0.29, 0.717) is 17.5 Å². The van der Waals surface area contributed by atoms with Crippen LogP contribution in [0.15, 0.2) is 24.3 Å². The Balaban J connectivity index is 1.70. The number of methoxy groups -OCH3 is 1. The highest BCUT2D eigenvalue weighted by atomic mass is 16.5. The summed E-state index contributed by atoms with van der Waals surface area (Å²) >= 11 is 0. The van der Waals surface area contributed by atoms with Crippen molar-refractivity contribution in [2.75, 3.05) is 7.11 Å². The van der Waals surface area contributed by atoms with Gasteiger partial charge in [-0.3, -0.25) is 14.5 Å². The van der Waals surface area contributed by atoms with Gasteiger partial charge >= 0.3 is 5.97 Å². The fourth-order valence-corrected chi connectivity index (χ4v) is 4.16. The summed E-state index contributed by atoms with van der Waals surface area (Å²) in [7, 11) is 1.30. The van der Waals surface area contributed by atoms with Crippen LogP contribution in [0.3, 0.4) is 0 Å². The van der Waals surface area contributed by atoms with Gasteiger partial charge in [0.05, 0.1) is 18.2 Å². The molecule has 0 N–H and O–H groups in total. The van der Waals surface area contributed by atoms with Gasteiger partial charge in [0, 0.05) is 0 Å². The number of amides is 2. The van der Waals surface area contributed by atoms with E-state index < -0.39 is 23.8 Å². The molecule has 1 aromatic carbocycles. The van der Waals surface area contributed by atoms with Crippen LogP contribution in [-0.2, 0) is 9.53 Å². The van der Waals surface area contributed by atoms with Crippen LogP contribution in [-0.4, -0.2) is 35.8 Å². The molecule has 0 saturated carbocycles. The zero-order valence-corrected chi connectivity index (χ0v) is 18.7. The zero-order valence-electron chi connectivity index (χ0n) is 18.7. The summed E-state index contributed by atoms with van der Waals surface area (Å²) in [6, 6.07) is 5.88. The van der Waals surface area contributed by atoms with Crippen molar-refractivity contribution in [2.24, 2.45) is 0 Å². The van der Waals surface area contributed by atoms with E-state index >= 15 is 0 Å². The quantitative estimate of drug-likeness (QED) is 0.203. The van der Waals surface area contributed by atoms with Crippen LogP contribution in [0.1, 0.15) is 111 Å². The minimum absolute atomic E-state index is 0.367. The normalized spacial score (nSPS) is 14.1. The van der Waals surface area contributed by atoms with Gasteiger partial charge < -0.3 is 4.74 Å². The van der Waals surface area contributed by atoms with Gasteiger partial charge in [-0.25, -0.2) is 4.79 Å². The third kappa shape index (κ3) is 6.68. The van der Waals surface area contributed by atoms with Gasteiger partial charge in [-0.1, -0.05) is 96.1 Å². The van der Waals surface area contributed by atoms with Crippen molar-refractivity contribution >= 4 is 17.8 Å². The van der Waals surface area contributed by atoms with Crippen molar-refractivity contribution in [3.8, 4) is 0 Å². The smallest absolute Gasteiger partial charge is 0.329 e. The molecule has 30 heavy (non-hydrogen) atoms. The van der Waals surface area contributed by atoms with E-state index in [4.69, 9.17) is 4.74 Å². The zero-order chi connectivity index (χ0) is 21.8. The standard InChI is InChI=1S/C25H37NO4/c1-3-4-5-6-7-8-9-10-11-12-13-14-19-22(25(29)30-2)26-23(27)20-17-15-16-18-21(20)24(26)28/h15-18,22H,3-14,19H2,1-2H3. The number of rotatable bonds is 15. The largest absolute Gasteiger partial charge is 0.467 e. The van der Waals surface area contributed by atoms with Crippen LogP contribution < -0.4 is 0 Å². The number of ether oxygens (including phenoxy) is 1. The number of imide groups is 1. The molecule has 1 atom stereocenters. The number of carbonyl (C=O) groups is 3. The van der Waals surface area contributed by atoms with Crippen molar-refractivity contribution in [3.05, 3.63) is 35.4 Å². The van der Waals surface area contributed by atoms with Crippen LogP contribution in [0, 0.1) is 0 Å². The van der Waals surface area contributed by atoms with E-state index in [-0.39, 0.29) is 0 Å². The molecule has 0 aliphatic carbocycles. The van der Waals surface area contributed by atoms with Crippen LogP contribution in [0.4, 0.5) is 0 Å². The Kier molecular flexibility index (Phi) is 10.6. The summed E-state index contributed by atoms with van der Waals surface area (Å²) in [6.07, 6.45) is 15.2. The fourth-order valence-electron chi connectivity index (χ4n) is 4.16. The Hall–Kier alpha value is -2.17. The maximum atomic E-state index is 12.7. The molecule has 2 amide bonds. The molecule has 1 heterocycles. The first kappa shape index (κ1) is 24.1. The first-order valence-corrected chi connectivity index (χ1v) is 11.7. The number of benzene rings is 1. The average Bonchev–Trinajstić information content (AvgIpc) is 3.02. The predicted octanol–water partition coefficient (Wildman–Crippen LogP) is 5.92. The minimum Gasteiger partial charge on any atom is -0.467 e. The maximum absolute atomic E-state index is 12.7. The molecule has 166 valence electrons. The van der Waals surface area contributed by atoms with Crippen molar-refractivity contribution < 1.29 is 19.1 Å². The van der Waals surface area contributed by atoms with E-state index in [1.807, 2.05) is 0 Å². The molecule has 1 aromatic rings. The second-order valence-electron chi connectivity index (χ2n) is 8.24. The minimum atomic E-state index is -0.842. The van der Waals surface area contributed by atoms with Crippen LogP contribution in [0.2, 0.25) is 0 Å². The molecule has 5 nitrogen and oxygen atoms in total. The van der Waals surface area contributed by atoms with Crippen molar-refractivity contribution in [1.82, 2.24) is 4.90 Å². The van der Waals surface area contributed by atoms with Crippen LogP contribution >= 0.6 is 0 Å². The third-order valence-corrected chi connectivity index (χ3v) is 5.94. The molecule has 1 aliphatic rings. The molecule has 0 saturated heterocycles. The van der Waals surface area contributed by atoms with Gasteiger partial charge in [0.2, 0.25) is 0 Å². The average molecular weight is 416 g/mol. The second-order valence-corrected chi connectivity index (χ2v) is 8.24. The summed E-state index contributed by atoms with van der Waals surface area (Å²) in [5.41, 5.74) is 0.734. The van der Waals surface area contributed by atoms with Gasteiger partial charge in [-0.15, -0.1) is 0 Å². The fraction of sp³-hybridized carbons (Fsp3) is 0.640. The van der Waals surface area contributed by atoms with E-state index in [2.05, 4.69) is 6.92 Å². The predicted molar refractivity (Wildman–Crippen MR) is 118 cm³/mol. The van der Waals surface area contributed by atoms with Gasteiger partial charge in [-0.2, -0.15) is 0 Å². The highest BCUT2D eigenvalue weighted by molar-refractivity contribution is 6.22. The lowest BCUT2D eigenvalue weighted by Gasteiger charge is -2.23. The molecule has 0 fully saturated rings. The molecule has 5 heteroatoms. The highest BCUT2D eigenvalue weighted by Gasteiger charge is 2.42. The Bertz CT molecular complexity index is 665.